The minimum atomic E-state index is -0.268. The normalized spacial score (nSPS) is 11.9. The van der Waals surface area contributed by atoms with Crippen LogP contribution in [0.1, 0.15) is 119 Å². The van der Waals surface area contributed by atoms with Crippen molar-refractivity contribution < 1.29 is 39.5 Å². The van der Waals surface area contributed by atoms with E-state index in [9.17, 15) is 34.8 Å². The first-order valence-electron chi connectivity index (χ1n) is 36.1. The van der Waals surface area contributed by atoms with Gasteiger partial charge in [0.15, 0.2) is 0 Å². The lowest BCUT2D eigenvalue weighted by Crippen LogP contribution is -2.29. The third-order valence-corrected chi connectivity index (χ3v) is 19.8. The monoisotopic (exact) mass is 1500 g/mol. The van der Waals surface area contributed by atoms with Gasteiger partial charge in [0.2, 0.25) is 0 Å². The number of imidazole rings is 2. The van der Waals surface area contributed by atoms with Crippen molar-refractivity contribution in [2.24, 2.45) is 0 Å². The molecular formula is C83H98Cl4N10O8. The molecule has 2 heterocycles. The fourth-order valence-corrected chi connectivity index (χ4v) is 13.8. The largest absolute Gasteiger partial charge is 0.464 e. The molecule has 22 heteroatoms. The molecule has 18 nitrogen and oxygen atoms in total. The maximum atomic E-state index is 12.5. The number of aliphatic hydroxyl groups is 4. The van der Waals surface area contributed by atoms with Crippen LogP contribution in [0.15, 0.2) is 170 Å². The summed E-state index contributed by atoms with van der Waals surface area (Å²) in [6, 6.07) is 56.3. The molecule has 0 bridgehead atoms. The van der Waals surface area contributed by atoms with Crippen LogP contribution in [0.4, 0.5) is 22.7 Å². The highest BCUT2D eigenvalue weighted by atomic mass is 35.5. The van der Waals surface area contributed by atoms with Crippen molar-refractivity contribution in [3.8, 4) is 22.8 Å². The molecule has 0 aliphatic carbocycles. The lowest BCUT2D eigenvalue weighted by molar-refractivity contribution is -0.140. The van der Waals surface area contributed by atoms with E-state index in [0.29, 0.717) is 98.4 Å². The van der Waals surface area contributed by atoms with Crippen molar-refractivity contribution >= 4 is 109 Å². The van der Waals surface area contributed by atoms with Crippen LogP contribution in [0.5, 0.6) is 0 Å². The molecule has 0 fully saturated rings. The van der Waals surface area contributed by atoms with Crippen molar-refractivity contribution in [2.45, 2.75) is 112 Å². The van der Waals surface area contributed by atoms with Crippen LogP contribution in [0.25, 0.3) is 44.8 Å². The highest BCUT2D eigenvalue weighted by Crippen LogP contribution is 2.35. The van der Waals surface area contributed by atoms with Crippen molar-refractivity contribution in [3.05, 3.63) is 223 Å². The Hall–Kier alpha value is -8.37. The van der Waals surface area contributed by atoms with Gasteiger partial charge in [-0.1, -0.05) is 116 Å². The first-order valence-corrected chi connectivity index (χ1v) is 37.6. The van der Waals surface area contributed by atoms with Crippen LogP contribution in [-0.4, -0.2) is 142 Å². The number of halogens is 4. The molecule has 8 aromatic carbocycles. The number of aliphatic hydroxyl groups excluding tert-OH is 4. The highest BCUT2D eigenvalue weighted by Gasteiger charge is 2.23. The van der Waals surface area contributed by atoms with Gasteiger partial charge in [-0.25, -0.2) is 9.97 Å². The molecule has 0 aliphatic heterocycles. The molecule has 0 aliphatic rings. The van der Waals surface area contributed by atoms with Gasteiger partial charge in [0, 0.05) is 138 Å². The maximum Gasteiger partial charge on any atom is 0.302 e. The molecule has 0 amide bonds. The number of nitrogens with one attached hydrogen (secondary N) is 2. The topological polar surface area (TPSA) is 214 Å². The fourth-order valence-electron chi connectivity index (χ4n) is 13.2. The molecular weight excluding hydrogens is 1410 g/mol. The Bertz CT molecular complexity index is 4420. The standard InChI is InChI=1S/C44H53Cl2N5O3.C39H45Cl2N5O5/c1-6-21-49(22-7-2)38-17-12-35(13-18-38)44-48-42-28-36(14-20-43(42)51(44)30-34-11-19-39(45)40(46)27-34)41(26-31(4)52)47-29-33-9-15-37(16-10-33)50(23-8-3)24-25-54-32(5)53;1-27(51)22-36(42-25-28-2-8-32(9-3-28)44(14-18-47)15-19-48)31-7-13-38-37(24-31)43-39(46(38)26-29-4-12-34(40)35(41)23-29)30-5-10-33(11-6-30)45(16-20-49)17-21-50/h9-20,27-28,41,47H,6-8,21-26,29-30H2,1-5H3;2-13,23-24,36,42,47-50H,14-22,25-26H2,1H3. The second-order valence-corrected chi connectivity index (χ2v) is 28.0. The van der Waals surface area contributed by atoms with Crippen molar-refractivity contribution in [2.75, 3.05) is 105 Å². The molecule has 0 spiro atoms. The number of ether oxygens (including phenoxy) is 1. The van der Waals surface area contributed by atoms with Gasteiger partial charge in [-0.05, 0) is 188 Å². The van der Waals surface area contributed by atoms with Crippen LogP contribution < -0.4 is 30.2 Å². The molecule has 2 atom stereocenters. The summed E-state index contributed by atoms with van der Waals surface area (Å²) in [5.41, 5.74) is 15.6. The minimum Gasteiger partial charge on any atom is -0.464 e. The molecule has 2 aromatic heterocycles. The van der Waals surface area contributed by atoms with Crippen LogP contribution in [0.2, 0.25) is 20.1 Å². The first-order chi connectivity index (χ1) is 50.8. The summed E-state index contributed by atoms with van der Waals surface area (Å²) < 4.78 is 9.55. The van der Waals surface area contributed by atoms with E-state index in [4.69, 9.17) is 61.1 Å². The molecule has 0 saturated heterocycles. The van der Waals surface area contributed by atoms with E-state index in [1.807, 2.05) is 107 Å². The molecule has 6 N–H and O–H groups in total. The fraction of sp³-hybridized carbons (Fsp3) is 0.361. The Balaban J connectivity index is 0.000000244. The van der Waals surface area contributed by atoms with Crippen LogP contribution in [0, 0.1) is 0 Å². The second-order valence-electron chi connectivity index (χ2n) is 26.3. The zero-order chi connectivity index (χ0) is 74.9. The summed E-state index contributed by atoms with van der Waals surface area (Å²) in [4.78, 5) is 55.1. The Labute approximate surface area is 637 Å². The number of benzene rings is 8. The predicted octanol–water partition coefficient (Wildman–Crippen LogP) is 15.7. The summed E-state index contributed by atoms with van der Waals surface area (Å²) in [6.07, 6.45) is 3.83. The van der Waals surface area contributed by atoms with Gasteiger partial charge >= 0.3 is 5.97 Å². The van der Waals surface area contributed by atoms with Gasteiger partial charge in [0.25, 0.3) is 0 Å². The number of hydrogen-bond donors (Lipinski definition) is 6. The van der Waals surface area contributed by atoms with Gasteiger partial charge in [-0.3, -0.25) is 14.4 Å². The van der Waals surface area contributed by atoms with Gasteiger partial charge in [-0.15, -0.1) is 0 Å². The summed E-state index contributed by atoms with van der Waals surface area (Å²) >= 11 is 25.3. The zero-order valence-corrected chi connectivity index (χ0v) is 63.9. The molecule has 105 heavy (non-hydrogen) atoms. The molecule has 0 saturated carbocycles. The summed E-state index contributed by atoms with van der Waals surface area (Å²) in [5.74, 6) is 1.52. The Morgan fingerprint density at radius 1 is 0.419 bits per heavy atom. The van der Waals surface area contributed by atoms with Gasteiger partial charge in [-0.2, -0.15) is 0 Å². The number of fused-ring (bicyclic) bond motifs is 2. The number of rotatable bonds is 39. The number of ketones is 2. The Morgan fingerprint density at radius 2 is 0.752 bits per heavy atom. The molecule has 556 valence electrons. The summed E-state index contributed by atoms with van der Waals surface area (Å²) in [7, 11) is 0. The quantitative estimate of drug-likeness (QED) is 0.0198. The van der Waals surface area contributed by atoms with E-state index in [1.54, 1.807) is 19.9 Å². The highest BCUT2D eigenvalue weighted by molar-refractivity contribution is 6.42. The van der Waals surface area contributed by atoms with Crippen LogP contribution in [0.3, 0.4) is 0 Å². The number of hydrogen-bond acceptors (Lipinski definition) is 16. The average molecular weight is 1510 g/mol. The molecule has 0 radical (unpaired) electrons. The van der Waals surface area contributed by atoms with Crippen LogP contribution >= 0.6 is 46.4 Å². The number of anilines is 4. The summed E-state index contributed by atoms with van der Waals surface area (Å²) in [5, 5.41) is 47.1. The number of nitrogens with zero attached hydrogens (tertiary/aromatic N) is 8. The predicted molar refractivity (Wildman–Crippen MR) is 429 cm³/mol. The second kappa shape index (κ2) is 40.4. The maximum absolute atomic E-state index is 12.5. The van der Waals surface area contributed by atoms with Gasteiger partial charge in [0.1, 0.15) is 29.8 Å². The van der Waals surface area contributed by atoms with Crippen molar-refractivity contribution in [1.29, 1.82) is 0 Å². The van der Waals surface area contributed by atoms with Gasteiger partial charge in [0.05, 0.1) is 75.1 Å². The lowest BCUT2D eigenvalue weighted by atomic mass is 10.0. The smallest absolute Gasteiger partial charge is 0.302 e. The van der Waals surface area contributed by atoms with E-state index in [2.05, 4.69) is 117 Å². The SMILES string of the molecule is CC(=O)CC(NCc1ccc(N(CCO)CCO)cc1)c1ccc2c(c1)nc(-c1ccc(N(CCO)CCO)cc1)n2Cc1ccc(Cl)c(Cl)c1.CCCN(CCC)c1ccc(-c2nc3cc(C(CC(C)=O)NCc4ccc(N(CCC)CCOC(C)=O)cc4)ccc3n2Cc2ccc(Cl)c(Cl)c2)cc1. The Morgan fingerprint density at radius 3 is 1.08 bits per heavy atom. The first kappa shape index (κ1) is 80.7. The minimum absolute atomic E-state index is 0.00252. The number of aromatic nitrogens is 4. The number of Topliss-reactive ketones (excluding diaryl/α,β-unsaturated/α-hetero) is 2. The van der Waals surface area contributed by atoms with Crippen molar-refractivity contribution in [3.63, 3.8) is 0 Å². The number of esters is 1. The lowest BCUT2D eigenvalue weighted by Gasteiger charge is -2.24. The third-order valence-electron chi connectivity index (χ3n) is 18.3. The van der Waals surface area contributed by atoms with E-state index < -0.39 is 0 Å². The molecule has 10 rings (SSSR count). The summed E-state index contributed by atoms with van der Waals surface area (Å²) in [6.45, 7) is 18.9. The molecule has 2 unspecified atom stereocenters. The van der Waals surface area contributed by atoms with E-state index in [0.717, 1.165) is 134 Å². The van der Waals surface area contributed by atoms with Gasteiger partial charge < -0.3 is 64.5 Å². The van der Waals surface area contributed by atoms with Crippen LogP contribution in [-0.2, 0) is 45.3 Å². The van der Waals surface area contributed by atoms with E-state index >= 15 is 0 Å². The number of carbonyl (C=O) groups excluding carboxylic acids is 3. The Kier molecular flexibility index (Phi) is 31.0. The number of carbonyl (C=O) groups is 3. The average Bonchev–Trinajstić information content (AvgIpc) is 1.63. The van der Waals surface area contributed by atoms with Crippen molar-refractivity contribution in [1.82, 2.24) is 29.7 Å². The van der Waals surface area contributed by atoms with E-state index in [1.165, 1.54) is 12.6 Å². The third kappa shape index (κ3) is 22.6. The molecule has 10 aromatic rings. The zero-order valence-electron chi connectivity index (χ0n) is 60.9. The van der Waals surface area contributed by atoms with E-state index in [-0.39, 0.29) is 56.0 Å².